The molecule has 1 aromatic rings. The molecule has 18 heavy (non-hydrogen) atoms. The van der Waals surface area contributed by atoms with Crippen LogP contribution < -0.4 is 10.1 Å². The van der Waals surface area contributed by atoms with Gasteiger partial charge in [-0.05, 0) is 24.6 Å². The average molecular weight is 255 g/mol. The Balaban J connectivity index is 2.60. The van der Waals surface area contributed by atoms with Gasteiger partial charge in [0.05, 0.1) is 7.11 Å². The standard InChI is InChI=1S/C12H14FNO4/c1-12(13,11(16)17)10(15)14-7-8-3-5-9(18-2)6-4-8/h3-6H,7H2,1-2H3,(H,14,15)(H,16,17)/t12-/m0/s1. The zero-order chi connectivity index (χ0) is 13.8. The average Bonchev–Trinajstić information content (AvgIpc) is 2.36. The molecule has 0 heterocycles. The van der Waals surface area contributed by atoms with Crippen molar-refractivity contribution in [2.75, 3.05) is 7.11 Å². The Hall–Kier alpha value is -2.11. The SMILES string of the molecule is COc1ccc(CNC(=O)[C@](C)(F)C(=O)O)cc1. The minimum absolute atomic E-state index is 0.0512. The summed E-state index contributed by atoms with van der Waals surface area (Å²) in [4.78, 5) is 21.8. The second kappa shape index (κ2) is 5.48. The van der Waals surface area contributed by atoms with Gasteiger partial charge in [0.2, 0.25) is 0 Å². The number of hydrogen-bond donors (Lipinski definition) is 2. The zero-order valence-electron chi connectivity index (χ0n) is 10.1. The number of carbonyl (C=O) groups excluding carboxylic acids is 1. The maximum absolute atomic E-state index is 13.4. The first-order valence-corrected chi connectivity index (χ1v) is 5.21. The van der Waals surface area contributed by atoms with Crippen LogP contribution in [0.15, 0.2) is 24.3 Å². The lowest BCUT2D eigenvalue weighted by atomic mass is 10.1. The van der Waals surface area contributed by atoms with Crippen LogP contribution in [0.4, 0.5) is 4.39 Å². The zero-order valence-corrected chi connectivity index (χ0v) is 10.1. The van der Waals surface area contributed by atoms with Crippen LogP contribution in [0.2, 0.25) is 0 Å². The predicted molar refractivity (Wildman–Crippen MR) is 62.0 cm³/mol. The monoisotopic (exact) mass is 255 g/mol. The van der Waals surface area contributed by atoms with Crippen LogP contribution >= 0.6 is 0 Å². The number of nitrogens with one attached hydrogen (secondary N) is 1. The van der Waals surface area contributed by atoms with Crippen molar-refractivity contribution < 1.29 is 23.8 Å². The van der Waals surface area contributed by atoms with Crippen molar-refractivity contribution in [3.05, 3.63) is 29.8 Å². The summed E-state index contributed by atoms with van der Waals surface area (Å²) < 4.78 is 18.4. The number of hydrogen-bond acceptors (Lipinski definition) is 3. The molecule has 0 aliphatic heterocycles. The molecule has 2 N–H and O–H groups in total. The topological polar surface area (TPSA) is 75.6 Å². The molecule has 0 spiro atoms. The van der Waals surface area contributed by atoms with E-state index in [-0.39, 0.29) is 6.54 Å². The van der Waals surface area contributed by atoms with Gasteiger partial charge in [-0.3, -0.25) is 4.79 Å². The minimum atomic E-state index is -2.92. The van der Waals surface area contributed by atoms with E-state index < -0.39 is 17.5 Å². The molecule has 1 atom stereocenters. The van der Waals surface area contributed by atoms with Gasteiger partial charge in [0, 0.05) is 6.54 Å². The molecule has 0 aliphatic rings. The first-order valence-electron chi connectivity index (χ1n) is 5.21. The number of alkyl halides is 1. The quantitative estimate of drug-likeness (QED) is 0.773. The van der Waals surface area contributed by atoms with Gasteiger partial charge in [0.25, 0.3) is 11.6 Å². The highest BCUT2D eigenvalue weighted by atomic mass is 19.1. The van der Waals surface area contributed by atoms with Crippen LogP contribution in [0.5, 0.6) is 5.75 Å². The maximum atomic E-state index is 13.4. The fourth-order valence-electron chi connectivity index (χ4n) is 1.19. The lowest BCUT2D eigenvalue weighted by molar-refractivity contribution is -0.156. The molecule has 1 rings (SSSR count). The fraction of sp³-hybridized carbons (Fsp3) is 0.333. The molecular formula is C12H14FNO4. The molecule has 1 amide bonds. The Bertz CT molecular complexity index is 442. The van der Waals surface area contributed by atoms with E-state index in [1.54, 1.807) is 24.3 Å². The van der Waals surface area contributed by atoms with Gasteiger partial charge >= 0.3 is 5.97 Å². The Morgan fingerprint density at radius 1 is 1.39 bits per heavy atom. The number of aliphatic carboxylic acids is 1. The smallest absolute Gasteiger partial charge is 0.351 e. The second-order valence-corrected chi connectivity index (χ2v) is 3.84. The molecule has 6 heteroatoms. The predicted octanol–water partition coefficient (Wildman–Crippen LogP) is 1.12. The number of benzene rings is 1. The van der Waals surface area contributed by atoms with Crippen molar-refractivity contribution in [2.45, 2.75) is 19.1 Å². The van der Waals surface area contributed by atoms with Crippen LogP contribution in [0.25, 0.3) is 0 Å². The van der Waals surface area contributed by atoms with Crippen LogP contribution in [-0.2, 0) is 16.1 Å². The van der Waals surface area contributed by atoms with Crippen LogP contribution in [0.3, 0.4) is 0 Å². The highest BCUT2D eigenvalue weighted by Gasteiger charge is 2.41. The van der Waals surface area contributed by atoms with E-state index >= 15 is 0 Å². The van der Waals surface area contributed by atoms with E-state index in [4.69, 9.17) is 9.84 Å². The normalized spacial score (nSPS) is 13.5. The van der Waals surface area contributed by atoms with Crippen molar-refractivity contribution in [1.29, 1.82) is 0 Å². The summed E-state index contributed by atoms with van der Waals surface area (Å²) in [7, 11) is 1.53. The van der Waals surface area contributed by atoms with E-state index in [9.17, 15) is 14.0 Å². The lowest BCUT2D eigenvalue weighted by Gasteiger charge is -2.14. The Morgan fingerprint density at radius 2 is 1.94 bits per heavy atom. The van der Waals surface area contributed by atoms with E-state index in [1.807, 2.05) is 0 Å². The number of carbonyl (C=O) groups is 2. The van der Waals surface area contributed by atoms with Gasteiger partial charge in [0.15, 0.2) is 0 Å². The summed E-state index contributed by atoms with van der Waals surface area (Å²) in [5.41, 5.74) is -2.21. The molecule has 0 fully saturated rings. The van der Waals surface area contributed by atoms with Gasteiger partial charge in [0.1, 0.15) is 5.75 Å². The summed E-state index contributed by atoms with van der Waals surface area (Å²) in [6.07, 6.45) is 0. The Kier molecular flexibility index (Phi) is 4.25. The van der Waals surface area contributed by atoms with Gasteiger partial charge < -0.3 is 15.2 Å². The minimum Gasteiger partial charge on any atom is -0.497 e. The summed E-state index contributed by atoms with van der Waals surface area (Å²) in [5, 5.41) is 10.7. The molecule has 0 unspecified atom stereocenters. The molecule has 5 nitrogen and oxygen atoms in total. The Morgan fingerprint density at radius 3 is 2.39 bits per heavy atom. The van der Waals surface area contributed by atoms with Crippen molar-refractivity contribution in [3.8, 4) is 5.75 Å². The van der Waals surface area contributed by atoms with Crippen molar-refractivity contribution in [1.82, 2.24) is 5.32 Å². The number of methoxy groups -OCH3 is 1. The first-order chi connectivity index (χ1) is 8.37. The largest absolute Gasteiger partial charge is 0.497 e. The molecule has 0 saturated heterocycles. The lowest BCUT2D eigenvalue weighted by Crippen LogP contribution is -2.46. The van der Waals surface area contributed by atoms with Crippen LogP contribution in [0.1, 0.15) is 12.5 Å². The molecule has 1 aromatic carbocycles. The van der Waals surface area contributed by atoms with Crippen LogP contribution in [0, 0.1) is 0 Å². The van der Waals surface area contributed by atoms with Crippen molar-refractivity contribution >= 4 is 11.9 Å². The number of carboxylic acids is 1. The highest BCUT2D eigenvalue weighted by molar-refractivity contribution is 6.04. The van der Waals surface area contributed by atoms with E-state index in [2.05, 4.69) is 5.32 Å². The van der Waals surface area contributed by atoms with E-state index in [1.165, 1.54) is 7.11 Å². The summed E-state index contributed by atoms with van der Waals surface area (Å²) in [6.45, 7) is 0.758. The molecule has 98 valence electrons. The molecule has 0 bridgehead atoms. The third-order valence-electron chi connectivity index (χ3n) is 2.44. The molecule has 0 aliphatic carbocycles. The van der Waals surface area contributed by atoms with E-state index in [0.29, 0.717) is 18.2 Å². The maximum Gasteiger partial charge on any atom is 0.351 e. The van der Waals surface area contributed by atoms with E-state index in [0.717, 1.165) is 0 Å². The number of rotatable bonds is 5. The molecule has 0 radical (unpaired) electrons. The van der Waals surface area contributed by atoms with Crippen LogP contribution in [-0.4, -0.2) is 29.8 Å². The van der Waals surface area contributed by atoms with Crippen molar-refractivity contribution in [3.63, 3.8) is 0 Å². The van der Waals surface area contributed by atoms with Gasteiger partial charge in [-0.2, -0.15) is 0 Å². The molecule has 0 aromatic heterocycles. The Labute approximate surface area is 104 Å². The molecular weight excluding hydrogens is 241 g/mol. The first kappa shape index (κ1) is 14.0. The third kappa shape index (κ3) is 3.19. The number of amides is 1. The number of ether oxygens (including phenoxy) is 1. The highest BCUT2D eigenvalue weighted by Crippen LogP contribution is 2.13. The van der Waals surface area contributed by atoms with Gasteiger partial charge in [-0.1, -0.05) is 12.1 Å². The van der Waals surface area contributed by atoms with Gasteiger partial charge in [-0.25, -0.2) is 9.18 Å². The number of carboxylic acid groups (broad SMARTS) is 1. The number of halogens is 1. The summed E-state index contributed by atoms with van der Waals surface area (Å²) in [5.74, 6) is -2.33. The van der Waals surface area contributed by atoms with Crippen molar-refractivity contribution in [2.24, 2.45) is 0 Å². The fourth-order valence-corrected chi connectivity index (χ4v) is 1.19. The third-order valence-corrected chi connectivity index (χ3v) is 2.44. The van der Waals surface area contributed by atoms with Gasteiger partial charge in [-0.15, -0.1) is 0 Å². The summed E-state index contributed by atoms with van der Waals surface area (Å²) in [6, 6.07) is 6.76. The second-order valence-electron chi connectivity index (χ2n) is 3.84. The molecule has 0 saturated carbocycles. The summed E-state index contributed by atoms with van der Waals surface area (Å²) >= 11 is 0.